The Balaban J connectivity index is 3.58. The van der Waals surface area contributed by atoms with Crippen molar-refractivity contribution >= 4 is 11.9 Å². The molecule has 0 aliphatic carbocycles. The molecule has 0 aromatic heterocycles. The number of nitrogens with zero attached hydrogens (tertiary/aromatic N) is 1. The molecule has 5 heteroatoms. The minimum atomic E-state index is -1.16. The minimum absolute atomic E-state index is 0.260. The van der Waals surface area contributed by atoms with Crippen molar-refractivity contribution < 1.29 is 19.4 Å². The molecule has 0 aromatic carbocycles. The second-order valence-electron chi connectivity index (χ2n) is 2.64. The fourth-order valence-corrected chi connectivity index (χ4v) is 0.516. The molecule has 0 saturated heterocycles. The highest BCUT2D eigenvalue weighted by atomic mass is 16.5. The standard InChI is InChI=1S/C8H13NO4/c1-9(2)5-6-13-8(12)4-3-7(10)11/h3-4H,5-6H2,1-2H3,(H,10,11). The zero-order valence-electron chi connectivity index (χ0n) is 7.69. The van der Waals surface area contributed by atoms with Crippen molar-refractivity contribution in [3.8, 4) is 0 Å². The molecular weight excluding hydrogens is 174 g/mol. The Bertz CT molecular complexity index is 210. The largest absolute Gasteiger partial charge is 0.478 e. The maximum atomic E-state index is 10.7. The van der Waals surface area contributed by atoms with E-state index >= 15 is 0 Å². The van der Waals surface area contributed by atoms with Gasteiger partial charge >= 0.3 is 11.9 Å². The van der Waals surface area contributed by atoms with Gasteiger partial charge in [-0.25, -0.2) is 9.59 Å². The first-order valence-electron chi connectivity index (χ1n) is 3.75. The molecule has 0 heterocycles. The van der Waals surface area contributed by atoms with Gasteiger partial charge in [-0.05, 0) is 14.1 Å². The highest BCUT2D eigenvalue weighted by Gasteiger charge is 1.98. The topological polar surface area (TPSA) is 66.8 Å². The van der Waals surface area contributed by atoms with Crippen molar-refractivity contribution in [2.24, 2.45) is 0 Å². The predicted molar refractivity (Wildman–Crippen MR) is 46.3 cm³/mol. The monoisotopic (exact) mass is 187 g/mol. The van der Waals surface area contributed by atoms with E-state index in [1.807, 2.05) is 19.0 Å². The summed E-state index contributed by atoms with van der Waals surface area (Å²) in [6, 6.07) is 0. The van der Waals surface area contributed by atoms with E-state index in [1.54, 1.807) is 0 Å². The molecule has 0 fully saturated rings. The fraction of sp³-hybridized carbons (Fsp3) is 0.500. The third kappa shape index (κ3) is 8.55. The molecule has 0 aliphatic heterocycles. The van der Waals surface area contributed by atoms with Crippen LogP contribution in [0, 0.1) is 0 Å². The van der Waals surface area contributed by atoms with Gasteiger partial charge < -0.3 is 14.7 Å². The molecule has 0 radical (unpaired) electrons. The van der Waals surface area contributed by atoms with Crippen LogP contribution in [-0.2, 0) is 14.3 Å². The van der Waals surface area contributed by atoms with E-state index in [1.165, 1.54) is 0 Å². The molecule has 0 bridgehead atoms. The third-order valence-electron chi connectivity index (χ3n) is 1.14. The van der Waals surface area contributed by atoms with Crippen molar-refractivity contribution in [1.82, 2.24) is 4.90 Å². The Morgan fingerprint density at radius 1 is 1.38 bits per heavy atom. The number of carboxylic acids is 1. The average molecular weight is 187 g/mol. The molecule has 1 N–H and O–H groups in total. The molecule has 0 rings (SSSR count). The number of ether oxygens (including phenoxy) is 1. The number of aliphatic carboxylic acids is 1. The quantitative estimate of drug-likeness (QED) is 0.474. The minimum Gasteiger partial charge on any atom is -0.478 e. The van der Waals surface area contributed by atoms with Crippen LogP contribution in [0.4, 0.5) is 0 Å². The van der Waals surface area contributed by atoms with Gasteiger partial charge in [0.15, 0.2) is 0 Å². The van der Waals surface area contributed by atoms with Gasteiger partial charge in [0, 0.05) is 18.7 Å². The summed E-state index contributed by atoms with van der Waals surface area (Å²) in [4.78, 5) is 22.6. The van der Waals surface area contributed by atoms with Crippen LogP contribution in [0.15, 0.2) is 12.2 Å². The fourth-order valence-electron chi connectivity index (χ4n) is 0.516. The summed E-state index contributed by atoms with van der Waals surface area (Å²) in [6.07, 6.45) is 1.63. The Morgan fingerprint density at radius 3 is 2.46 bits per heavy atom. The highest BCUT2D eigenvalue weighted by molar-refractivity contribution is 5.90. The number of rotatable bonds is 5. The van der Waals surface area contributed by atoms with Crippen molar-refractivity contribution in [3.63, 3.8) is 0 Å². The second-order valence-corrected chi connectivity index (χ2v) is 2.64. The Labute approximate surface area is 76.6 Å². The molecule has 0 aromatic rings. The Hall–Kier alpha value is -1.36. The summed E-state index contributed by atoms with van der Waals surface area (Å²) in [6.45, 7) is 0.877. The van der Waals surface area contributed by atoms with Crippen molar-refractivity contribution in [1.29, 1.82) is 0 Å². The van der Waals surface area contributed by atoms with E-state index in [2.05, 4.69) is 4.74 Å². The van der Waals surface area contributed by atoms with Gasteiger partial charge in [-0.3, -0.25) is 0 Å². The van der Waals surface area contributed by atoms with Gasteiger partial charge in [-0.2, -0.15) is 0 Å². The van der Waals surface area contributed by atoms with E-state index < -0.39 is 11.9 Å². The van der Waals surface area contributed by atoms with Gasteiger partial charge in [-0.1, -0.05) is 0 Å². The van der Waals surface area contributed by atoms with Crippen LogP contribution in [0.25, 0.3) is 0 Å². The van der Waals surface area contributed by atoms with E-state index in [-0.39, 0.29) is 6.61 Å². The van der Waals surface area contributed by atoms with Gasteiger partial charge in [0.2, 0.25) is 0 Å². The van der Waals surface area contributed by atoms with E-state index in [9.17, 15) is 9.59 Å². The molecule has 0 atom stereocenters. The summed E-state index contributed by atoms with van der Waals surface area (Å²) < 4.78 is 4.67. The van der Waals surface area contributed by atoms with Crippen LogP contribution in [0.2, 0.25) is 0 Å². The average Bonchev–Trinajstić information content (AvgIpc) is 2.00. The lowest BCUT2D eigenvalue weighted by Gasteiger charge is -2.08. The summed E-state index contributed by atoms with van der Waals surface area (Å²) in [7, 11) is 3.70. The SMILES string of the molecule is CN(C)CCOC(=O)C=CC(=O)O. The predicted octanol–water partition coefficient (Wildman–Crippen LogP) is -0.268. The summed E-state index contributed by atoms with van der Waals surface area (Å²) in [5, 5.41) is 8.17. The summed E-state index contributed by atoms with van der Waals surface area (Å²) >= 11 is 0. The molecule has 0 aliphatic rings. The van der Waals surface area contributed by atoms with Gasteiger partial charge in [0.05, 0.1) is 0 Å². The number of carboxylic acid groups (broad SMARTS) is 1. The van der Waals surface area contributed by atoms with E-state index in [0.717, 1.165) is 12.2 Å². The van der Waals surface area contributed by atoms with Gasteiger partial charge in [-0.15, -0.1) is 0 Å². The van der Waals surface area contributed by atoms with Crippen LogP contribution < -0.4 is 0 Å². The molecule has 0 unspecified atom stereocenters. The van der Waals surface area contributed by atoms with Gasteiger partial charge in [0.25, 0.3) is 0 Å². The number of carbonyl (C=O) groups is 2. The molecule has 13 heavy (non-hydrogen) atoms. The maximum absolute atomic E-state index is 10.7. The Morgan fingerprint density at radius 2 is 2.00 bits per heavy atom. The van der Waals surface area contributed by atoms with Crippen molar-refractivity contribution in [2.45, 2.75) is 0 Å². The molecule has 0 spiro atoms. The lowest BCUT2D eigenvalue weighted by atomic mass is 10.5. The van der Waals surface area contributed by atoms with Crippen LogP contribution >= 0.6 is 0 Å². The zero-order valence-corrected chi connectivity index (χ0v) is 7.69. The molecular formula is C8H13NO4. The number of esters is 1. The van der Waals surface area contributed by atoms with E-state index in [4.69, 9.17) is 5.11 Å². The lowest BCUT2D eigenvalue weighted by molar-refractivity contribution is -0.139. The van der Waals surface area contributed by atoms with E-state index in [0.29, 0.717) is 6.54 Å². The zero-order chi connectivity index (χ0) is 10.3. The number of hydrogen-bond acceptors (Lipinski definition) is 4. The van der Waals surface area contributed by atoms with Crippen LogP contribution in [-0.4, -0.2) is 49.2 Å². The lowest BCUT2D eigenvalue weighted by Crippen LogP contribution is -2.19. The summed E-state index contributed by atoms with van der Waals surface area (Å²) in [5.74, 6) is -1.80. The van der Waals surface area contributed by atoms with Crippen molar-refractivity contribution in [2.75, 3.05) is 27.2 Å². The number of hydrogen-bond donors (Lipinski definition) is 1. The maximum Gasteiger partial charge on any atom is 0.331 e. The molecule has 5 nitrogen and oxygen atoms in total. The molecule has 0 saturated carbocycles. The van der Waals surface area contributed by atoms with Crippen LogP contribution in [0.3, 0.4) is 0 Å². The highest BCUT2D eigenvalue weighted by Crippen LogP contribution is 1.83. The third-order valence-corrected chi connectivity index (χ3v) is 1.14. The first kappa shape index (κ1) is 11.6. The molecule has 0 amide bonds. The second kappa shape index (κ2) is 6.19. The number of carbonyl (C=O) groups excluding carboxylic acids is 1. The first-order valence-corrected chi connectivity index (χ1v) is 3.75. The van der Waals surface area contributed by atoms with Gasteiger partial charge in [0.1, 0.15) is 6.61 Å². The normalized spacial score (nSPS) is 10.7. The van der Waals surface area contributed by atoms with Crippen LogP contribution in [0.5, 0.6) is 0 Å². The summed E-state index contributed by atoms with van der Waals surface area (Å²) in [5.41, 5.74) is 0. The molecule has 74 valence electrons. The van der Waals surface area contributed by atoms with Crippen molar-refractivity contribution in [3.05, 3.63) is 12.2 Å². The first-order chi connectivity index (χ1) is 6.02. The van der Waals surface area contributed by atoms with Crippen LogP contribution in [0.1, 0.15) is 0 Å². The smallest absolute Gasteiger partial charge is 0.331 e. The Kier molecular flexibility index (Phi) is 5.54. The number of likely N-dealkylation sites (N-methyl/N-ethyl adjacent to an activating group) is 1.